The number of nitrogens with zero attached hydrogens (tertiary/aromatic N) is 1. The minimum Gasteiger partial charge on any atom is -0.385 e. The van der Waals surface area contributed by atoms with E-state index >= 15 is 0 Å². The highest BCUT2D eigenvalue weighted by Crippen LogP contribution is 2.36. The van der Waals surface area contributed by atoms with Crippen LogP contribution in [-0.4, -0.2) is 11.5 Å². The fraction of sp³-hybridized carbons (Fsp3) is 0.250. The Morgan fingerprint density at radius 1 is 1.32 bits per heavy atom. The van der Waals surface area contributed by atoms with Gasteiger partial charge in [0, 0.05) is 17.6 Å². The predicted molar refractivity (Wildman–Crippen MR) is 65.9 cm³/mol. The number of hydrogen-bond acceptors (Lipinski definition) is 2. The van der Waals surface area contributed by atoms with Crippen molar-refractivity contribution in [3.05, 3.63) is 34.7 Å². The summed E-state index contributed by atoms with van der Waals surface area (Å²) in [5.74, 6) is -0.843. The average Bonchev–Trinajstić information content (AvgIpc) is 2.33. The van der Waals surface area contributed by atoms with Gasteiger partial charge in [-0.2, -0.15) is 13.2 Å². The summed E-state index contributed by atoms with van der Waals surface area (Å²) in [5.41, 5.74) is -1.43. The summed E-state index contributed by atoms with van der Waals surface area (Å²) in [7, 11) is 0. The van der Waals surface area contributed by atoms with Crippen LogP contribution in [0.5, 0.6) is 0 Å². The normalized spacial score (nSPS) is 11.9. The van der Waals surface area contributed by atoms with Gasteiger partial charge in [-0.05, 0) is 25.1 Å². The molecule has 0 atom stereocenters. The molecular formula is C12H9ClF4N2. The molecule has 0 radical (unpaired) electrons. The van der Waals surface area contributed by atoms with Crippen LogP contribution in [0.15, 0.2) is 18.2 Å². The van der Waals surface area contributed by atoms with Gasteiger partial charge in [0.25, 0.3) is 0 Å². The lowest BCUT2D eigenvalue weighted by Crippen LogP contribution is -2.10. The molecule has 0 saturated heterocycles. The summed E-state index contributed by atoms with van der Waals surface area (Å²) in [4.78, 5) is 3.33. The van der Waals surface area contributed by atoms with Crippen molar-refractivity contribution < 1.29 is 17.6 Å². The van der Waals surface area contributed by atoms with Gasteiger partial charge < -0.3 is 5.32 Å². The summed E-state index contributed by atoms with van der Waals surface area (Å²) in [5, 5.41) is 3.04. The number of fused-ring (bicyclic) bond motifs is 1. The number of aromatic nitrogens is 1. The molecule has 1 N–H and O–H groups in total. The second-order valence-electron chi connectivity index (χ2n) is 3.84. The van der Waals surface area contributed by atoms with Gasteiger partial charge in [0.05, 0.1) is 5.02 Å². The lowest BCUT2D eigenvalue weighted by Gasteiger charge is -2.13. The topological polar surface area (TPSA) is 24.9 Å². The van der Waals surface area contributed by atoms with E-state index in [1.807, 2.05) is 0 Å². The van der Waals surface area contributed by atoms with Gasteiger partial charge in [-0.3, -0.25) is 0 Å². The minimum atomic E-state index is -4.65. The molecule has 0 unspecified atom stereocenters. The van der Waals surface area contributed by atoms with Crippen molar-refractivity contribution in [3.63, 3.8) is 0 Å². The van der Waals surface area contributed by atoms with Crippen molar-refractivity contribution >= 4 is 28.2 Å². The summed E-state index contributed by atoms with van der Waals surface area (Å²) in [6.45, 7) is 2.09. The number of rotatable bonds is 2. The Hall–Kier alpha value is -1.56. The summed E-state index contributed by atoms with van der Waals surface area (Å²) >= 11 is 5.91. The van der Waals surface area contributed by atoms with Crippen LogP contribution in [0.1, 0.15) is 12.6 Å². The Morgan fingerprint density at radius 2 is 2.00 bits per heavy atom. The number of anilines is 1. The van der Waals surface area contributed by atoms with E-state index in [0.717, 1.165) is 12.1 Å². The summed E-state index contributed by atoms with van der Waals surface area (Å²) in [6.07, 6.45) is -4.65. The highest BCUT2D eigenvalue weighted by Gasteiger charge is 2.34. The molecule has 2 nitrogen and oxygen atoms in total. The molecule has 102 valence electrons. The fourth-order valence-corrected chi connectivity index (χ4v) is 2.00. The maximum Gasteiger partial charge on any atom is 0.433 e. The van der Waals surface area contributed by atoms with Crippen LogP contribution in [0.4, 0.5) is 23.2 Å². The second-order valence-corrected chi connectivity index (χ2v) is 4.24. The molecule has 19 heavy (non-hydrogen) atoms. The van der Waals surface area contributed by atoms with E-state index in [0.29, 0.717) is 6.54 Å². The van der Waals surface area contributed by atoms with E-state index < -0.39 is 23.2 Å². The van der Waals surface area contributed by atoms with E-state index in [2.05, 4.69) is 10.3 Å². The number of alkyl halides is 3. The Morgan fingerprint density at radius 3 is 2.58 bits per heavy atom. The third-order valence-electron chi connectivity index (χ3n) is 2.52. The van der Waals surface area contributed by atoms with Crippen molar-refractivity contribution in [2.24, 2.45) is 0 Å². The average molecular weight is 293 g/mol. The van der Waals surface area contributed by atoms with Crippen LogP contribution in [0.25, 0.3) is 10.9 Å². The SMILES string of the molecule is CCNc1cc(C(F)(F)F)nc2c(F)ccc(Cl)c12. The first-order valence-corrected chi connectivity index (χ1v) is 5.82. The molecule has 7 heteroatoms. The van der Waals surface area contributed by atoms with Gasteiger partial charge in [-0.1, -0.05) is 11.6 Å². The van der Waals surface area contributed by atoms with Gasteiger partial charge in [0.2, 0.25) is 0 Å². The molecule has 1 heterocycles. The molecule has 1 aromatic carbocycles. The zero-order valence-electron chi connectivity index (χ0n) is 9.78. The minimum absolute atomic E-state index is 0.115. The molecule has 0 bridgehead atoms. The maximum atomic E-state index is 13.6. The number of nitrogens with one attached hydrogen (secondary N) is 1. The number of hydrogen-bond donors (Lipinski definition) is 1. The van der Waals surface area contributed by atoms with Gasteiger partial charge in [0.1, 0.15) is 17.0 Å². The first kappa shape index (κ1) is 13.9. The van der Waals surface area contributed by atoms with E-state index in [-0.39, 0.29) is 16.1 Å². The van der Waals surface area contributed by atoms with E-state index in [9.17, 15) is 17.6 Å². The molecule has 2 aromatic rings. The van der Waals surface area contributed by atoms with Crippen molar-refractivity contribution in [3.8, 4) is 0 Å². The Balaban J connectivity index is 2.83. The lowest BCUT2D eigenvalue weighted by molar-refractivity contribution is -0.140. The first-order valence-electron chi connectivity index (χ1n) is 5.44. The van der Waals surface area contributed by atoms with Crippen LogP contribution in [0.2, 0.25) is 5.02 Å². The third-order valence-corrected chi connectivity index (χ3v) is 2.83. The smallest absolute Gasteiger partial charge is 0.385 e. The monoisotopic (exact) mass is 292 g/mol. The predicted octanol–water partition coefficient (Wildman–Crippen LogP) is 4.48. The fourth-order valence-electron chi connectivity index (χ4n) is 1.74. The molecule has 0 saturated carbocycles. The number of benzene rings is 1. The molecule has 0 fully saturated rings. The van der Waals surface area contributed by atoms with E-state index in [4.69, 9.17) is 11.6 Å². The van der Waals surface area contributed by atoms with Crippen LogP contribution in [-0.2, 0) is 6.18 Å². The van der Waals surface area contributed by atoms with Crippen LogP contribution in [0, 0.1) is 5.82 Å². The van der Waals surface area contributed by atoms with Crippen LogP contribution < -0.4 is 5.32 Å². The second kappa shape index (κ2) is 4.85. The van der Waals surface area contributed by atoms with E-state index in [1.54, 1.807) is 6.92 Å². The quantitative estimate of drug-likeness (QED) is 0.826. The zero-order chi connectivity index (χ0) is 14.2. The molecule has 0 aliphatic rings. The van der Waals surface area contributed by atoms with Crippen molar-refractivity contribution in [2.45, 2.75) is 13.1 Å². The Labute approximate surface area is 111 Å². The Kier molecular flexibility index (Phi) is 3.54. The van der Waals surface area contributed by atoms with E-state index in [1.165, 1.54) is 6.07 Å². The lowest BCUT2D eigenvalue weighted by atomic mass is 10.1. The molecule has 2 rings (SSSR count). The largest absolute Gasteiger partial charge is 0.433 e. The molecule has 0 aliphatic heterocycles. The first-order chi connectivity index (χ1) is 8.84. The molecule has 0 aliphatic carbocycles. The third kappa shape index (κ3) is 2.58. The van der Waals surface area contributed by atoms with Gasteiger partial charge in [0.15, 0.2) is 0 Å². The van der Waals surface area contributed by atoms with Gasteiger partial charge in [-0.25, -0.2) is 9.37 Å². The maximum absolute atomic E-state index is 13.6. The standard InChI is InChI=1S/C12H9ClF4N2/c1-2-18-8-5-9(12(15,16)17)19-11-7(14)4-3-6(13)10(8)11/h3-5H,2H2,1H3,(H,18,19). The highest BCUT2D eigenvalue weighted by molar-refractivity contribution is 6.36. The van der Waals surface area contributed by atoms with Crippen molar-refractivity contribution in [2.75, 3.05) is 11.9 Å². The summed E-state index contributed by atoms with van der Waals surface area (Å²) in [6, 6.07) is 3.11. The Bertz CT molecular complexity index is 625. The highest BCUT2D eigenvalue weighted by atomic mass is 35.5. The number of halogens is 5. The number of pyridine rings is 1. The molecule has 1 aromatic heterocycles. The molecule has 0 spiro atoms. The summed E-state index contributed by atoms with van der Waals surface area (Å²) < 4.78 is 51.8. The zero-order valence-corrected chi connectivity index (χ0v) is 10.5. The van der Waals surface area contributed by atoms with Gasteiger partial charge >= 0.3 is 6.18 Å². The molecule has 0 amide bonds. The van der Waals surface area contributed by atoms with Crippen LogP contribution >= 0.6 is 11.6 Å². The van der Waals surface area contributed by atoms with Crippen LogP contribution in [0.3, 0.4) is 0 Å². The van der Waals surface area contributed by atoms with Crippen molar-refractivity contribution in [1.29, 1.82) is 0 Å². The molecular weight excluding hydrogens is 284 g/mol. The van der Waals surface area contributed by atoms with Gasteiger partial charge in [-0.15, -0.1) is 0 Å². The van der Waals surface area contributed by atoms with Crippen molar-refractivity contribution in [1.82, 2.24) is 4.98 Å².